The van der Waals surface area contributed by atoms with Crippen molar-refractivity contribution in [2.45, 2.75) is 19.8 Å². The van der Waals surface area contributed by atoms with Crippen molar-refractivity contribution in [3.05, 3.63) is 69.3 Å². The predicted molar refractivity (Wildman–Crippen MR) is 111 cm³/mol. The highest BCUT2D eigenvalue weighted by Gasteiger charge is 2.18. The van der Waals surface area contributed by atoms with Crippen LogP contribution in [0.25, 0.3) is 0 Å². The maximum absolute atomic E-state index is 12.3. The molecule has 0 aliphatic heterocycles. The zero-order valence-corrected chi connectivity index (χ0v) is 16.8. The van der Waals surface area contributed by atoms with E-state index < -0.39 is 17.5 Å². The Morgan fingerprint density at radius 3 is 2.33 bits per heavy atom. The van der Waals surface area contributed by atoms with E-state index in [1.54, 1.807) is 12.1 Å². The van der Waals surface area contributed by atoms with Crippen LogP contribution < -0.4 is 10.6 Å². The van der Waals surface area contributed by atoms with Crippen LogP contribution in [0.2, 0.25) is 0 Å². The van der Waals surface area contributed by atoms with E-state index >= 15 is 0 Å². The van der Waals surface area contributed by atoms with Gasteiger partial charge < -0.3 is 15.4 Å². The Bertz CT molecular complexity index is 940. The molecule has 0 aliphatic rings. The second kappa shape index (κ2) is 10.7. The number of nitro groups is 1. The highest BCUT2D eigenvalue weighted by atomic mass is 16.6. The molecule has 1 amide bonds. The zero-order chi connectivity index (χ0) is 22.1. The number of carbonyl (C=O) groups is 3. The molecule has 0 saturated heterocycles. The van der Waals surface area contributed by atoms with Crippen LogP contribution in [0.5, 0.6) is 0 Å². The number of anilines is 1. The number of Topliss-reactive ketones (excluding diaryl/α,β-unsaturated/α-hetero) is 1. The molecule has 0 unspecified atom stereocenters. The first-order chi connectivity index (χ1) is 14.3. The molecule has 2 aromatic rings. The third-order valence-electron chi connectivity index (χ3n) is 4.33. The van der Waals surface area contributed by atoms with Gasteiger partial charge in [-0.15, -0.1) is 0 Å². The summed E-state index contributed by atoms with van der Waals surface area (Å²) in [7, 11) is 1.54. The molecule has 0 heterocycles. The van der Waals surface area contributed by atoms with Gasteiger partial charge in [0.25, 0.3) is 5.69 Å². The molecule has 0 aromatic heterocycles. The summed E-state index contributed by atoms with van der Waals surface area (Å²) in [5.41, 5.74) is 1.41. The van der Waals surface area contributed by atoms with Gasteiger partial charge in [0.1, 0.15) is 5.69 Å². The van der Waals surface area contributed by atoms with Crippen molar-refractivity contribution >= 4 is 29.0 Å². The van der Waals surface area contributed by atoms with Gasteiger partial charge in [0.2, 0.25) is 5.91 Å². The molecule has 2 rings (SSSR count). The lowest BCUT2D eigenvalue weighted by Gasteiger charge is -2.07. The lowest BCUT2D eigenvalue weighted by atomic mass is 10.1. The van der Waals surface area contributed by atoms with Gasteiger partial charge in [0, 0.05) is 32.1 Å². The second-order valence-electron chi connectivity index (χ2n) is 6.52. The first-order valence-electron chi connectivity index (χ1n) is 9.31. The Labute approximate surface area is 173 Å². The number of aryl methyl sites for hydroxylation is 1. The summed E-state index contributed by atoms with van der Waals surface area (Å²) in [4.78, 5) is 45.7. The van der Waals surface area contributed by atoms with Crippen LogP contribution in [-0.2, 0) is 16.0 Å². The third kappa shape index (κ3) is 6.40. The van der Waals surface area contributed by atoms with E-state index in [2.05, 4.69) is 10.6 Å². The first kappa shape index (κ1) is 22.5. The molecule has 0 saturated carbocycles. The minimum Gasteiger partial charge on any atom is -0.454 e. The number of ketones is 1. The number of ether oxygens (including phenoxy) is 1. The average Bonchev–Trinajstić information content (AvgIpc) is 2.74. The van der Waals surface area contributed by atoms with Gasteiger partial charge in [-0.05, 0) is 30.5 Å². The normalized spacial score (nSPS) is 10.2. The molecule has 2 N–H and O–H groups in total. The van der Waals surface area contributed by atoms with E-state index in [9.17, 15) is 24.5 Å². The number of nitrogens with one attached hydrogen (secondary N) is 2. The van der Waals surface area contributed by atoms with Crippen LogP contribution in [0.3, 0.4) is 0 Å². The molecule has 0 aliphatic carbocycles. The summed E-state index contributed by atoms with van der Waals surface area (Å²) in [6.07, 6.45) is 1.54. The largest absolute Gasteiger partial charge is 0.454 e. The van der Waals surface area contributed by atoms with Crippen LogP contribution >= 0.6 is 0 Å². The van der Waals surface area contributed by atoms with Gasteiger partial charge in [0.15, 0.2) is 12.4 Å². The van der Waals surface area contributed by atoms with E-state index in [4.69, 9.17) is 4.74 Å². The Hall–Kier alpha value is -3.75. The number of nitrogens with zero attached hydrogens (tertiary/aromatic N) is 1. The number of rotatable bonds is 10. The number of esters is 1. The van der Waals surface area contributed by atoms with Crippen LogP contribution in [0, 0.1) is 10.1 Å². The number of hydrogen-bond acceptors (Lipinski definition) is 7. The molecular weight excluding hydrogens is 390 g/mol. The second-order valence-corrected chi connectivity index (χ2v) is 6.52. The Balaban J connectivity index is 1.90. The molecular formula is C21H23N3O6. The molecule has 2 aromatic carbocycles. The predicted octanol–water partition coefficient (Wildman–Crippen LogP) is 2.74. The lowest BCUT2D eigenvalue weighted by Crippen LogP contribution is -2.21. The Kier molecular flexibility index (Phi) is 8.04. The summed E-state index contributed by atoms with van der Waals surface area (Å²) in [6, 6.07) is 10.8. The molecule has 0 radical (unpaired) electrons. The summed E-state index contributed by atoms with van der Waals surface area (Å²) in [5.74, 6) is -1.27. The molecule has 0 fully saturated rings. The van der Waals surface area contributed by atoms with Crippen molar-refractivity contribution in [3.63, 3.8) is 0 Å². The maximum Gasteiger partial charge on any atom is 0.338 e. The van der Waals surface area contributed by atoms with Crippen LogP contribution in [0.15, 0.2) is 42.5 Å². The molecule has 0 bridgehead atoms. The van der Waals surface area contributed by atoms with Gasteiger partial charge in [-0.3, -0.25) is 19.7 Å². The number of nitro benzene ring substituents is 1. The van der Waals surface area contributed by atoms with Crippen molar-refractivity contribution in [1.82, 2.24) is 5.32 Å². The zero-order valence-electron chi connectivity index (χ0n) is 16.8. The van der Waals surface area contributed by atoms with Crippen molar-refractivity contribution in [1.29, 1.82) is 0 Å². The highest BCUT2D eigenvalue weighted by Crippen LogP contribution is 2.25. The summed E-state index contributed by atoms with van der Waals surface area (Å²) in [5, 5.41) is 16.5. The van der Waals surface area contributed by atoms with Gasteiger partial charge in [-0.25, -0.2) is 4.79 Å². The van der Waals surface area contributed by atoms with E-state index in [-0.39, 0.29) is 28.6 Å². The molecule has 9 nitrogen and oxygen atoms in total. The van der Waals surface area contributed by atoms with E-state index in [0.717, 1.165) is 24.5 Å². The third-order valence-corrected chi connectivity index (χ3v) is 4.33. The van der Waals surface area contributed by atoms with Crippen molar-refractivity contribution in [2.75, 3.05) is 25.5 Å². The lowest BCUT2D eigenvalue weighted by molar-refractivity contribution is -0.384. The maximum atomic E-state index is 12.3. The fourth-order valence-corrected chi connectivity index (χ4v) is 2.73. The van der Waals surface area contributed by atoms with Crippen molar-refractivity contribution in [2.24, 2.45) is 0 Å². The highest BCUT2D eigenvalue weighted by molar-refractivity contribution is 5.99. The average molecular weight is 413 g/mol. The van der Waals surface area contributed by atoms with Crippen LogP contribution in [-0.4, -0.2) is 42.8 Å². The fourth-order valence-electron chi connectivity index (χ4n) is 2.73. The van der Waals surface area contributed by atoms with E-state index in [0.29, 0.717) is 12.1 Å². The smallest absolute Gasteiger partial charge is 0.338 e. The van der Waals surface area contributed by atoms with Crippen LogP contribution in [0.1, 0.15) is 39.6 Å². The number of hydrogen-bond donors (Lipinski definition) is 2. The minimum absolute atomic E-state index is 0.0111. The van der Waals surface area contributed by atoms with Gasteiger partial charge in [-0.2, -0.15) is 0 Å². The summed E-state index contributed by atoms with van der Waals surface area (Å²) < 4.78 is 5.01. The monoisotopic (exact) mass is 413 g/mol. The SMILES string of the molecule is CNc1ccc(C(=O)OCC(=O)c2ccc(CCCNC(C)=O)cc2)cc1[N+](=O)[O-]. The molecule has 30 heavy (non-hydrogen) atoms. The Morgan fingerprint density at radius 2 is 1.73 bits per heavy atom. The summed E-state index contributed by atoms with van der Waals surface area (Å²) in [6.45, 7) is 1.58. The van der Waals surface area contributed by atoms with Gasteiger partial charge >= 0.3 is 5.97 Å². The molecule has 0 spiro atoms. The molecule has 9 heteroatoms. The van der Waals surface area contributed by atoms with E-state index in [1.165, 1.54) is 26.1 Å². The summed E-state index contributed by atoms with van der Waals surface area (Å²) >= 11 is 0. The van der Waals surface area contributed by atoms with Crippen molar-refractivity contribution < 1.29 is 24.0 Å². The van der Waals surface area contributed by atoms with Gasteiger partial charge in [0.05, 0.1) is 10.5 Å². The first-order valence-corrected chi connectivity index (χ1v) is 9.31. The fraction of sp³-hybridized carbons (Fsp3) is 0.286. The van der Waals surface area contributed by atoms with Crippen LogP contribution in [0.4, 0.5) is 11.4 Å². The molecule has 158 valence electrons. The number of carbonyl (C=O) groups excluding carboxylic acids is 3. The quantitative estimate of drug-likeness (QED) is 0.201. The van der Waals surface area contributed by atoms with E-state index in [1.807, 2.05) is 12.1 Å². The minimum atomic E-state index is -0.816. The van der Waals surface area contributed by atoms with Crippen molar-refractivity contribution in [3.8, 4) is 0 Å². The molecule has 0 atom stereocenters. The topological polar surface area (TPSA) is 128 Å². The number of benzene rings is 2. The standard InChI is InChI=1S/C21H23N3O6/c1-14(25)23-11-3-4-15-5-7-16(8-6-15)20(26)13-30-21(27)17-9-10-18(22-2)19(12-17)24(28)29/h5-10,12,22H,3-4,11,13H2,1-2H3,(H,23,25). The van der Waals surface area contributed by atoms with Gasteiger partial charge in [-0.1, -0.05) is 24.3 Å². The Morgan fingerprint density at radius 1 is 1.07 bits per heavy atom. The number of amides is 1.